The third-order valence-corrected chi connectivity index (χ3v) is 4.22. The summed E-state index contributed by atoms with van der Waals surface area (Å²) < 4.78 is 0. The summed E-state index contributed by atoms with van der Waals surface area (Å²) in [7, 11) is 0. The molecule has 3 atom stereocenters. The van der Waals surface area contributed by atoms with Crippen LogP contribution in [-0.2, 0) is 0 Å². The standard InChI is InChI=1S/C16H25NO/c1-4-14-9-6-12(3)17(14)15-10-7-13(8-11-15)16(18)5-2/h7-8,10-12,14,16,18H,4-6,9H2,1-3H3/t12?,14?,16-/m1/s1. The lowest BCUT2D eigenvalue weighted by Crippen LogP contribution is -2.33. The molecule has 0 aromatic heterocycles. The molecule has 0 amide bonds. The Morgan fingerprint density at radius 3 is 2.44 bits per heavy atom. The first kappa shape index (κ1) is 13.4. The highest BCUT2D eigenvalue weighted by molar-refractivity contribution is 5.50. The van der Waals surface area contributed by atoms with Gasteiger partial charge in [0.15, 0.2) is 0 Å². The second kappa shape index (κ2) is 5.75. The molecule has 1 fully saturated rings. The maximum Gasteiger partial charge on any atom is 0.0787 e. The molecule has 0 saturated carbocycles. The van der Waals surface area contributed by atoms with Gasteiger partial charge < -0.3 is 10.0 Å². The van der Waals surface area contributed by atoms with Crippen LogP contribution in [0.15, 0.2) is 24.3 Å². The van der Waals surface area contributed by atoms with Crippen molar-refractivity contribution in [2.24, 2.45) is 0 Å². The van der Waals surface area contributed by atoms with Crippen molar-refractivity contribution >= 4 is 5.69 Å². The van der Waals surface area contributed by atoms with Gasteiger partial charge in [0.1, 0.15) is 0 Å². The van der Waals surface area contributed by atoms with Gasteiger partial charge in [-0.15, -0.1) is 0 Å². The highest BCUT2D eigenvalue weighted by Crippen LogP contribution is 2.32. The van der Waals surface area contributed by atoms with Crippen molar-refractivity contribution in [1.29, 1.82) is 0 Å². The largest absolute Gasteiger partial charge is 0.388 e. The first-order chi connectivity index (χ1) is 8.67. The average molecular weight is 247 g/mol. The van der Waals surface area contributed by atoms with Crippen LogP contribution in [0.2, 0.25) is 0 Å². The van der Waals surface area contributed by atoms with E-state index in [2.05, 4.69) is 43.0 Å². The molecular formula is C16H25NO. The summed E-state index contributed by atoms with van der Waals surface area (Å²) in [4.78, 5) is 2.54. The molecule has 0 radical (unpaired) electrons. The Morgan fingerprint density at radius 2 is 1.89 bits per heavy atom. The fraction of sp³-hybridized carbons (Fsp3) is 0.625. The van der Waals surface area contributed by atoms with Gasteiger partial charge in [-0.3, -0.25) is 0 Å². The van der Waals surface area contributed by atoms with E-state index in [0.717, 1.165) is 12.0 Å². The fourth-order valence-corrected chi connectivity index (χ4v) is 3.04. The van der Waals surface area contributed by atoms with E-state index in [-0.39, 0.29) is 6.10 Å². The van der Waals surface area contributed by atoms with Gasteiger partial charge in [-0.1, -0.05) is 26.0 Å². The van der Waals surface area contributed by atoms with E-state index in [4.69, 9.17) is 0 Å². The van der Waals surface area contributed by atoms with Crippen LogP contribution < -0.4 is 4.90 Å². The van der Waals surface area contributed by atoms with Crippen LogP contribution in [-0.4, -0.2) is 17.2 Å². The molecule has 1 aromatic rings. The van der Waals surface area contributed by atoms with Crippen molar-refractivity contribution in [3.63, 3.8) is 0 Å². The van der Waals surface area contributed by atoms with Crippen molar-refractivity contribution in [3.05, 3.63) is 29.8 Å². The van der Waals surface area contributed by atoms with Gasteiger partial charge >= 0.3 is 0 Å². The Hall–Kier alpha value is -1.02. The van der Waals surface area contributed by atoms with Crippen LogP contribution in [0.5, 0.6) is 0 Å². The fourth-order valence-electron chi connectivity index (χ4n) is 3.04. The molecule has 0 aliphatic carbocycles. The minimum atomic E-state index is -0.322. The highest BCUT2D eigenvalue weighted by Gasteiger charge is 2.29. The second-order valence-electron chi connectivity index (χ2n) is 5.41. The number of nitrogens with zero attached hydrogens (tertiary/aromatic N) is 1. The molecule has 2 rings (SSSR count). The number of rotatable bonds is 4. The van der Waals surface area contributed by atoms with Crippen LogP contribution in [0.3, 0.4) is 0 Å². The zero-order chi connectivity index (χ0) is 13.1. The minimum absolute atomic E-state index is 0.322. The molecule has 2 heteroatoms. The molecule has 0 spiro atoms. The maximum atomic E-state index is 9.82. The smallest absolute Gasteiger partial charge is 0.0787 e. The molecule has 1 aliphatic rings. The van der Waals surface area contributed by atoms with Crippen molar-refractivity contribution in [1.82, 2.24) is 0 Å². The van der Waals surface area contributed by atoms with Crippen LogP contribution in [0.1, 0.15) is 58.1 Å². The van der Waals surface area contributed by atoms with E-state index in [0.29, 0.717) is 12.1 Å². The summed E-state index contributed by atoms with van der Waals surface area (Å²) in [5.74, 6) is 0. The number of anilines is 1. The maximum absolute atomic E-state index is 9.82. The average Bonchev–Trinajstić information content (AvgIpc) is 2.79. The van der Waals surface area contributed by atoms with Gasteiger partial charge in [0.25, 0.3) is 0 Å². The summed E-state index contributed by atoms with van der Waals surface area (Å²) in [6.45, 7) is 6.59. The molecule has 2 nitrogen and oxygen atoms in total. The van der Waals surface area contributed by atoms with E-state index in [1.165, 1.54) is 24.9 Å². The first-order valence-corrected chi connectivity index (χ1v) is 7.23. The quantitative estimate of drug-likeness (QED) is 0.872. The second-order valence-corrected chi connectivity index (χ2v) is 5.41. The minimum Gasteiger partial charge on any atom is -0.388 e. The third-order valence-electron chi connectivity index (χ3n) is 4.22. The Labute approximate surface area is 111 Å². The predicted molar refractivity (Wildman–Crippen MR) is 76.9 cm³/mol. The summed E-state index contributed by atoms with van der Waals surface area (Å²) >= 11 is 0. The van der Waals surface area contributed by atoms with Crippen molar-refractivity contribution in [2.75, 3.05) is 4.90 Å². The number of hydrogen-bond donors (Lipinski definition) is 1. The number of aliphatic hydroxyl groups is 1. The zero-order valence-corrected chi connectivity index (χ0v) is 11.8. The topological polar surface area (TPSA) is 23.5 Å². The summed E-state index contributed by atoms with van der Waals surface area (Å²) in [5, 5.41) is 9.82. The summed E-state index contributed by atoms with van der Waals surface area (Å²) in [6, 6.07) is 9.79. The Balaban J connectivity index is 2.18. The van der Waals surface area contributed by atoms with Crippen LogP contribution in [0, 0.1) is 0 Å². The van der Waals surface area contributed by atoms with E-state index < -0.39 is 0 Å². The normalized spacial score (nSPS) is 25.4. The highest BCUT2D eigenvalue weighted by atomic mass is 16.3. The van der Waals surface area contributed by atoms with Gasteiger partial charge in [0.05, 0.1) is 6.10 Å². The van der Waals surface area contributed by atoms with Gasteiger partial charge in [-0.25, -0.2) is 0 Å². The molecule has 1 aromatic carbocycles. The number of benzene rings is 1. The Kier molecular flexibility index (Phi) is 4.28. The molecule has 1 saturated heterocycles. The van der Waals surface area contributed by atoms with Crippen molar-refractivity contribution in [3.8, 4) is 0 Å². The van der Waals surface area contributed by atoms with Crippen molar-refractivity contribution < 1.29 is 5.11 Å². The van der Waals surface area contributed by atoms with Gasteiger partial charge in [0.2, 0.25) is 0 Å². The van der Waals surface area contributed by atoms with E-state index in [9.17, 15) is 5.11 Å². The Morgan fingerprint density at radius 1 is 1.22 bits per heavy atom. The lowest BCUT2D eigenvalue weighted by Gasteiger charge is -2.30. The molecular weight excluding hydrogens is 222 g/mol. The molecule has 1 heterocycles. The van der Waals surface area contributed by atoms with Crippen LogP contribution in [0.4, 0.5) is 5.69 Å². The zero-order valence-electron chi connectivity index (χ0n) is 11.8. The van der Waals surface area contributed by atoms with Crippen LogP contribution >= 0.6 is 0 Å². The van der Waals surface area contributed by atoms with Gasteiger partial charge in [-0.2, -0.15) is 0 Å². The van der Waals surface area contributed by atoms with Crippen molar-refractivity contribution in [2.45, 2.75) is 64.6 Å². The third kappa shape index (κ3) is 2.54. The van der Waals surface area contributed by atoms with E-state index >= 15 is 0 Å². The molecule has 1 aliphatic heterocycles. The molecule has 1 N–H and O–H groups in total. The number of aliphatic hydroxyl groups excluding tert-OH is 1. The van der Waals surface area contributed by atoms with E-state index in [1.807, 2.05) is 6.92 Å². The van der Waals surface area contributed by atoms with Crippen LogP contribution in [0.25, 0.3) is 0 Å². The van der Waals surface area contributed by atoms with E-state index in [1.54, 1.807) is 0 Å². The monoisotopic (exact) mass is 247 g/mol. The Bertz CT molecular complexity index is 373. The molecule has 18 heavy (non-hydrogen) atoms. The molecule has 0 bridgehead atoms. The summed E-state index contributed by atoms with van der Waals surface area (Å²) in [6.07, 6.45) is 4.26. The van der Waals surface area contributed by atoms with Gasteiger partial charge in [-0.05, 0) is 50.3 Å². The predicted octanol–water partition coefficient (Wildman–Crippen LogP) is 3.90. The van der Waals surface area contributed by atoms with Gasteiger partial charge in [0, 0.05) is 17.8 Å². The first-order valence-electron chi connectivity index (χ1n) is 7.23. The lowest BCUT2D eigenvalue weighted by atomic mass is 10.1. The SMILES string of the molecule is CCC1CCC(C)N1c1ccc([C@H](O)CC)cc1. The lowest BCUT2D eigenvalue weighted by molar-refractivity contribution is 0.173. The molecule has 100 valence electrons. The number of hydrogen-bond acceptors (Lipinski definition) is 2. The molecule has 2 unspecified atom stereocenters. The summed E-state index contributed by atoms with van der Waals surface area (Å²) in [5.41, 5.74) is 2.33.